The number of carbonyl (C=O) groups excluding carboxylic acids is 3. The number of nitrogens with one attached hydrogen (secondary N) is 1. The number of likely N-dealkylation sites (tertiary alicyclic amines) is 1. The van der Waals surface area contributed by atoms with Crippen LogP contribution in [0.4, 0.5) is 4.79 Å². The fraction of sp³-hybridized carbons (Fsp3) is 0.471. The quantitative estimate of drug-likeness (QED) is 0.902. The zero-order valence-electron chi connectivity index (χ0n) is 13.3. The Labute approximate surface area is 135 Å². The maximum absolute atomic E-state index is 12.1. The van der Waals surface area contributed by atoms with Crippen LogP contribution in [-0.2, 0) is 9.59 Å². The van der Waals surface area contributed by atoms with E-state index in [1.807, 2.05) is 18.2 Å². The van der Waals surface area contributed by atoms with Crippen LogP contribution in [0.15, 0.2) is 30.3 Å². The molecule has 1 aliphatic heterocycles. The Hall–Kier alpha value is -2.37. The van der Waals surface area contributed by atoms with E-state index in [-0.39, 0.29) is 36.7 Å². The summed E-state index contributed by atoms with van der Waals surface area (Å²) < 4.78 is 5.30. The molecule has 0 aliphatic carbocycles. The maximum Gasteiger partial charge on any atom is 0.415 e. The predicted octanol–water partition coefficient (Wildman–Crippen LogP) is 2.14. The molecule has 1 fully saturated rings. The lowest BCUT2D eigenvalue weighted by Crippen LogP contribution is -2.47. The first-order valence-corrected chi connectivity index (χ1v) is 7.85. The number of piperidine rings is 1. The Morgan fingerprint density at radius 3 is 2.39 bits per heavy atom. The number of para-hydroxylation sites is 1. The van der Waals surface area contributed by atoms with Crippen molar-refractivity contribution < 1.29 is 19.1 Å². The first-order chi connectivity index (χ1) is 11.0. The molecule has 0 spiro atoms. The molecule has 124 valence electrons. The van der Waals surface area contributed by atoms with Gasteiger partial charge in [-0.15, -0.1) is 0 Å². The standard InChI is InChI=1S/C17H22N2O4/c1-13(20)7-8-16(21)18-14-9-11-19(12-10-14)17(22)23-15-5-3-2-4-6-15/h2-6,14H,7-12H2,1H3,(H,18,21). The van der Waals surface area contributed by atoms with E-state index in [0.29, 0.717) is 31.7 Å². The van der Waals surface area contributed by atoms with Gasteiger partial charge in [0.15, 0.2) is 0 Å². The summed E-state index contributed by atoms with van der Waals surface area (Å²) in [6.45, 7) is 2.57. The summed E-state index contributed by atoms with van der Waals surface area (Å²) in [4.78, 5) is 36.3. The van der Waals surface area contributed by atoms with Gasteiger partial charge in [0.25, 0.3) is 0 Å². The lowest BCUT2D eigenvalue weighted by atomic mass is 10.0. The highest BCUT2D eigenvalue weighted by atomic mass is 16.6. The van der Waals surface area contributed by atoms with Gasteiger partial charge in [0.05, 0.1) is 0 Å². The third-order valence-electron chi connectivity index (χ3n) is 3.77. The van der Waals surface area contributed by atoms with Gasteiger partial charge in [-0.05, 0) is 31.9 Å². The van der Waals surface area contributed by atoms with Gasteiger partial charge in [0.1, 0.15) is 11.5 Å². The molecule has 1 heterocycles. The Bertz CT molecular complexity index is 551. The van der Waals surface area contributed by atoms with E-state index >= 15 is 0 Å². The van der Waals surface area contributed by atoms with Crippen LogP contribution in [0.5, 0.6) is 5.75 Å². The van der Waals surface area contributed by atoms with Crippen molar-refractivity contribution >= 4 is 17.8 Å². The van der Waals surface area contributed by atoms with Crippen LogP contribution in [0.1, 0.15) is 32.6 Å². The minimum Gasteiger partial charge on any atom is -0.410 e. The molecule has 1 saturated heterocycles. The largest absolute Gasteiger partial charge is 0.415 e. The molecule has 2 amide bonds. The second-order valence-corrected chi connectivity index (χ2v) is 5.71. The van der Waals surface area contributed by atoms with E-state index < -0.39 is 0 Å². The molecule has 23 heavy (non-hydrogen) atoms. The molecular formula is C17H22N2O4. The fourth-order valence-electron chi connectivity index (χ4n) is 2.45. The van der Waals surface area contributed by atoms with E-state index in [9.17, 15) is 14.4 Å². The summed E-state index contributed by atoms with van der Waals surface area (Å²) >= 11 is 0. The number of rotatable bonds is 5. The van der Waals surface area contributed by atoms with E-state index in [4.69, 9.17) is 4.74 Å². The molecule has 6 nitrogen and oxygen atoms in total. The van der Waals surface area contributed by atoms with E-state index in [1.54, 1.807) is 17.0 Å². The number of Topliss-reactive ketones (excluding diaryl/α,β-unsaturated/α-hetero) is 1. The Morgan fingerprint density at radius 2 is 1.78 bits per heavy atom. The van der Waals surface area contributed by atoms with Crippen molar-refractivity contribution in [1.29, 1.82) is 0 Å². The first kappa shape index (κ1) is 17.0. The minimum absolute atomic E-state index is 0.0126. The maximum atomic E-state index is 12.1. The van der Waals surface area contributed by atoms with Crippen molar-refractivity contribution in [3.63, 3.8) is 0 Å². The van der Waals surface area contributed by atoms with Gasteiger partial charge in [-0.2, -0.15) is 0 Å². The molecule has 2 rings (SSSR count). The third-order valence-corrected chi connectivity index (χ3v) is 3.77. The van der Waals surface area contributed by atoms with Crippen molar-refractivity contribution in [1.82, 2.24) is 10.2 Å². The lowest BCUT2D eigenvalue weighted by Gasteiger charge is -2.31. The Kier molecular flexibility index (Phi) is 6.14. The SMILES string of the molecule is CC(=O)CCC(=O)NC1CCN(C(=O)Oc2ccccc2)CC1. The highest BCUT2D eigenvalue weighted by Gasteiger charge is 2.25. The van der Waals surface area contributed by atoms with Gasteiger partial charge in [0, 0.05) is 32.0 Å². The molecular weight excluding hydrogens is 296 g/mol. The second kappa shape index (κ2) is 8.31. The fourth-order valence-corrected chi connectivity index (χ4v) is 2.45. The van der Waals surface area contributed by atoms with Crippen LogP contribution < -0.4 is 10.1 Å². The van der Waals surface area contributed by atoms with Crippen LogP contribution >= 0.6 is 0 Å². The van der Waals surface area contributed by atoms with Crippen LogP contribution in [0, 0.1) is 0 Å². The topological polar surface area (TPSA) is 75.7 Å². The molecule has 0 unspecified atom stereocenters. The molecule has 0 atom stereocenters. The second-order valence-electron chi connectivity index (χ2n) is 5.71. The smallest absolute Gasteiger partial charge is 0.410 e. The van der Waals surface area contributed by atoms with Gasteiger partial charge in [-0.25, -0.2) is 4.79 Å². The van der Waals surface area contributed by atoms with Crippen LogP contribution in [0.3, 0.4) is 0 Å². The summed E-state index contributed by atoms with van der Waals surface area (Å²) in [6.07, 6.45) is 1.52. The number of nitrogens with zero attached hydrogens (tertiary/aromatic N) is 1. The number of hydrogen-bond acceptors (Lipinski definition) is 4. The number of carbonyl (C=O) groups is 3. The van der Waals surface area contributed by atoms with E-state index in [0.717, 1.165) is 0 Å². The molecule has 1 aliphatic rings. The third kappa shape index (κ3) is 5.73. The molecule has 0 saturated carbocycles. The van der Waals surface area contributed by atoms with E-state index in [2.05, 4.69) is 5.32 Å². The zero-order valence-corrected chi connectivity index (χ0v) is 13.3. The Balaban J connectivity index is 1.72. The molecule has 6 heteroatoms. The number of ether oxygens (including phenoxy) is 1. The molecule has 0 bridgehead atoms. The lowest BCUT2D eigenvalue weighted by molar-refractivity contribution is -0.125. The van der Waals surface area contributed by atoms with Crippen LogP contribution in [0.25, 0.3) is 0 Å². The summed E-state index contributed by atoms with van der Waals surface area (Å²) in [5, 5.41) is 2.91. The van der Waals surface area contributed by atoms with Crippen molar-refractivity contribution in [2.75, 3.05) is 13.1 Å². The van der Waals surface area contributed by atoms with Crippen molar-refractivity contribution in [2.24, 2.45) is 0 Å². The number of amides is 2. The first-order valence-electron chi connectivity index (χ1n) is 7.85. The van der Waals surface area contributed by atoms with Gasteiger partial charge in [-0.1, -0.05) is 18.2 Å². The van der Waals surface area contributed by atoms with Gasteiger partial charge in [0.2, 0.25) is 5.91 Å². The Morgan fingerprint density at radius 1 is 1.13 bits per heavy atom. The monoisotopic (exact) mass is 318 g/mol. The van der Waals surface area contributed by atoms with Crippen molar-refractivity contribution in [2.45, 2.75) is 38.6 Å². The summed E-state index contributed by atoms with van der Waals surface area (Å²) in [5.74, 6) is 0.432. The molecule has 1 N–H and O–H groups in total. The van der Waals surface area contributed by atoms with E-state index in [1.165, 1.54) is 6.92 Å². The highest BCUT2D eigenvalue weighted by molar-refractivity contribution is 5.83. The average Bonchev–Trinajstić information content (AvgIpc) is 2.54. The molecule has 1 aromatic carbocycles. The molecule has 0 aromatic heterocycles. The van der Waals surface area contributed by atoms with Crippen molar-refractivity contribution in [3.05, 3.63) is 30.3 Å². The van der Waals surface area contributed by atoms with Gasteiger partial charge in [-0.3, -0.25) is 4.79 Å². The van der Waals surface area contributed by atoms with Crippen LogP contribution in [-0.4, -0.2) is 41.8 Å². The highest BCUT2D eigenvalue weighted by Crippen LogP contribution is 2.15. The number of hydrogen-bond donors (Lipinski definition) is 1. The summed E-state index contributed by atoms with van der Waals surface area (Å²) in [5.41, 5.74) is 0. The van der Waals surface area contributed by atoms with Gasteiger partial charge < -0.3 is 19.7 Å². The molecule has 0 radical (unpaired) electrons. The minimum atomic E-state index is -0.363. The van der Waals surface area contributed by atoms with Crippen molar-refractivity contribution in [3.8, 4) is 5.75 Å². The summed E-state index contributed by atoms with van der Waals surface area (Å²) in [6, 6.07) is 9.00. The van der Waals surface area contributed by atoms with Gasteiger partial charge >= 0.3 is 6.09 Å². The number of benzene rings is 1. The predicted molar refractivity (Wildman–Crippen MR) is 85.1 cm³/mol. The average molecular weight is 318 g/mol. The normalized spacial score (nSPS) is 15.1. The zero-order chi connectivity index (χ0) is 16.7. The molecule has 1 aromatic rings. The van der Waals surface area contributed by atoms with Crippen LogP contribution in [0.2, 0.25) is 0 Å². The number of ketones is 1. The summed E-state index contributed by atoms with van der Waals surface area (Å²) in [7, 11) is 0.